The summed E-state index contributed by atoms with van der Waals surface area (Å²) in [7, 11) is 4.42. The minimum absolute atomic E-state index is 0.0295. The van der Waals surface area contributed by atoms with E-state index in [0.717, 1.165) is 0 Å². The molecule has 4 rings (SSSR count). The fourth-order valence-corrected chi connectivity index (χ4v) is 3.74. The van der Waals surface area contributed by atoms with Crippen LogP contribution in [0.4, 0.5) is 5.69 Å². The van der Waals surface area contributed by atoms with Gasteiger partial charge in [-0.1, -0.05) is 6.07 Å². The first-order chi connectivity index (χ1) is 19.3. The van der Waals surface area contributed by atoms with Crippen molar-refractivity contribution in [2.75, 3.05) is 27.9 Å². The molecule has 1 heterocycles. The molecule has 12 heteroatoms. The normalized spacial score (nSPS) is 13.3. The van der Waals surface area contributed by atoms with Crippen molar-refractivity contribution in [3.8, 4) is 28.7 Å². The van der Waals surface area contributed by atoms with E-state index in [0.29, 0.717) is 28.4 Å². The maximum Gasteiger partial charge on any atom is 0.363 e. The van der Waals surface area contributed by atoms with Gasteiger partial charge in [0.2, 0.25) is 11.6 Å². The number of non-ortho nitro benzene ring substituents is 1. The Morgan fingerprint density at radius 1 is 0.950 bits per heavy atom. The van der Waals surface area contributed by atoms with E-state index in [2.05, 4.69) is 4.99 Å². The zero-order chi connectivity index (χ0) is 28.8. The standard InChI is InChI=1S/C28H24N2O10/c1-5-38-22-13-16(6-11-21(22)39-27(31)17-7-9-19(10-8-17)30(33)34)12-20-28(32)40-26(29-20)18-14-23(35-2)25(37-4)24(15-18)36-3/h6-15H,5H2,1-4H3/b20-12+. The molecule has 0 amide bonds. The number of hydrogen-bond acceptors (Lipinski definition) is 11. The van der Waals surface area contributed by atoms with Crippen LogP contribution in [0.25, 0.3) is 6.08 Å². The maximum atomic E-state index is 12.6. The summed E-state index contributed by atoms with van der Waals surface area (Å²) in [5, 5.41) is 10.8. The van der Waals surface area contributed by atoms with Crippen LogP contribution in [-0.4, -0.2) is 50.7 Å². The quantitative estimate of drug-likeness (QED) is 0.116. The van der Waals surface area contributed by atoms with Gasteiger partial charge in [-0.15, -0.1) is 0 Å². The summed E-state index contributed by atoms with van der Waals surface area (Å²) in [4.78, 5) is 39.8. The van der Waals surface area contributed by atoms with Gasteiger partial charge in [0.05, 0.1) is 38.4 Å². The van der Waals surface area contributed by atoms with Crippen molar-refractivity contribution in [3.63, 3.8) is 0 Å². The average Bonchev–Trinajstić information content (AvgIpc) is 3.33. The molecule has 40 heavy (non-hydrogen) atoms. The van der Waals surface area contributed by atoms with Crippen molar-refractivity contribution >= 4 is 29.6 Å². The number of nitro benzene ring substituents is 1. The van der Waals surface area contributed by atoms with Gasteiger partial charge in [-0.25, -0.2) is 14.6 Å². The van der Waals surface area contributed by atoms with Crippen LogP contribution >= 0.6 is 0 Å². The van der Waals surface area contributed by atoms with E-state index in [1.165, 1.54) is 57.7 Å². The monoisotopic (exact) mass is 548 g/mol. The van der Waals surface area contributed by atoms with Gasteiger partial charge < -0.3 is 28.4 Å². The van der Waals surface area contributed by atoms with E-state index in [4.69, 9.17) is 28.4 Å². The maximum absolute atomic E-state index is 12.6. The molecule has 12 nitrogen and oxygen atoms in total. The van der Waals surface area contributed by atoms with E-state index < -0.39 is 16.9 Å². The molecule has 0 aromatic heterocycles. The predicted molar refractivity (Wildman–Crippen MR) is 142 cm³/mol. The summed E-state index contributed by atoms with van der Waals surface area (Å²) < 4.78 is 32.5. The largest absolute Gasteiger partial charge is 0.493 e. The van der Waals surface area contributed by atoms with Crippen molar-refractivity contribution in [1.82, 2.24) is 0 Å². The SMILES string of the molecule is CCOc1cc(/C=C2/N=C(c3cc(OC)c(OC)c(OC)c3)OC2=O)ccc1OC(=O)c1ccc([N+](=O)[O-])cc1. The summed E-state index contributed by atoms with van der Waals surface area (Å²) >= 11 is 0. The number of nitro groups is 1. The minimum atomic E-state index is -0.721. The lowest BCUT2D eigenvalue weighted by molar-refractivity contribution is -0.384. The number of cyclic esters (lactones) is 1. The van der Waals surface area contributed by atoms with Crippen molar-refractivity contribution in [3.05, 3.63) is 87.1 Å². The lowest BCUT2D eigenvalue weighted by Crippen LogP contribution is -2.10. The lowest BCUT2D eigenvalue weighted by Gasteiger charge is -2.13. The van der Waals surface area contributed by atoms with Crippen molar-refractivity contribution in [2.24, 2.45) is 4.99 Å². The molecule has 0 aliphatic carbocycles. The van der Waals surface area contributed by atoms with Crippen molar-refractivity contribution in [1.29, 1.82) is 0 Å². The van der Waals surface area contributed by atoms with Gasteiger partial charge >= 0.3 is 11.9 Å². The molecule has 206 valence electrons. The summed E-state index contributed by atoms with van der Waals surface area (Å²) in [5.74, 6) is 0.148. The highest BCUT2D eigenvalue weighted by molar-refractivity contribution is 6.13. The molecule has 0 bridgehead atoms. The second kappa shape index (κ2) is 12.0. The molecule has 0 saturated heterocycles. The fourth-order valence-electron chi connectivity index (χ4n) is 3.74. The Kier molecular flexibility index (Phi) is 8.28. The van der Waals surface area contributed by atoms with Gasteiger partial charge in [-0.2, -0.15) is 0 Å². The summed E-state index contributed by atoms with van der Waals surface area (Å²) in [5.41, 5.74) is 0.976. The van der Waals surface area contributed by atoms with E-state index >= 15 is 0 Å². The van der Waals surface area contributed by atoms with Crippen LogP contribution < -0.4 is 23.7 Å². The summed E-state index contributed by atoms with van der Waals surface area (Å²) in [6.07, 6.45) is 1.50. The van der Waals surface area contributed by atoms with Gasteiger partial charge in [-0.3, -0.25) is 10.1 Å². The Morgan fingerprint density at radius 3 is 2.20 bits per heavy atom. The Hall–Kier alpha value is -5.39. The van der Waals surface area contributed by atoms with Gasteiger partial charge in [0.15, 0.2) is 28.7 Å². The van der Waals surface area contributed by atoms with Crippen LogP contribution in [0.15, 0.2) is 65.3 Å². The van der Waals surface area contributed by atoms with E-state index in [1.807, 2.05) is 0 Å². The molecule has 0 radical (unpaired) electrons. The predicted octanol–water partition coefficient (Wildman–Crippen LogP) is 4.58. The number of methoxy groups -OCH3 is 3. The third kappa shape index (κ3) is 5.85. The summed E-state index contributed by atoms with van der Waals surface area (Å²) in [6, 6.07) is 12.9. The zero-order valence-electron chi connectivity index (χ0n) is 22.0. The van der Waals surface area contributed by atoms with E-state index in [9.17, 15) is 19.7 Å². The Morgan fingerprint density at radius 2 is 1.62 bits per heavy atom. The van der Waals surface area contributed by atoms with Crippen molar-refractivity contribution < 1.29 is 42.9 Å². The molecule has 1 aliphatic heterocycles. The second-order valence-electron chi connectivity index (χ2n) is 8.08. The highest BCUT2D eigenvalue weighted by atomic mass is 16.6. The number of benzene rings is 3. The molecular formula is C28H24N2O10. The summed E-state index contributed by atoms with van der Waals surface area (Å²) in [6.45, 7) is 2.03. The number of nitrogens with zero attached hydrogens (tertiary/aromatic N) is 2. The first-order valence-electron chi connectivity index (χ1n) is 11.8. The highest BCUT2D eigenvalue weighted by Crippen LogP contribution is 2.39. The number of aliphatic imine (C=N–C) groups is 1. The van der Waals surface area contributed by atoms with Crippen LogP contribution in [0.5, 0.6) is 28.7 Å². The smallest absolute Gasteiger partial charge is 0.363 e. The number of ether oxygens (including phenoxy) is 6. The molecule has 3 aromatic carbocycles. The first-order valence-corrected chi connectivity index (χ1v) is 11.8. The van der Waals surface area contributed by atoms with Crippen LogP contribution in [0.1, 0.15) is 28.4 Å². The van der Waals surface area contributed by atoms with E-state index in [1.54, 1.807) is 31.2 Å². The van der Waals surface area contributed by atoms with E-state index in [-0.39, 0.29) is 41.0 Å². The molecule has 0 spiro atoms. The third-order valence-electron chi connectivity index (χ3n) is 5.62. The molecule has 3 aromatic rings. The number of esters is 2. The Balaban J connectivity index is 1.60. The molecule has 0 N–H and O–H groups in total. The molecule has 0 atom stereocenters. The first kappa shape index (κ1) is 27.6. The van der Waals surface area contributed by atoms with Crippen molar-refractivity contribution in [2.45, 2.75) is 6.92 Å². The highest BCUT2D eigenvalue weighted by Gasteiger charge is 2.27. The Bertz CT molecular complexity index is 1500. The molecule has 0 fully saturated rings. The Labute approximate surface area is 228 Å². The molecule has 1 aliphatic rings. The average molecular weight is 549 g/mol. The van der Waals surface area contributed by atoms with Crippen LogP contribution in [0, 0.1) is 10.1 Å². The number of hydrogen-bond donors (Lipinski definition) is 0. The number of carbonyl (C=O) groups excluding carboxylic acids is 2. The van der Waals surface area contributed by atoms with Crippen LogP contribution in [-0.2, 0) is 9.53 Å². The fraction of sp³-hybridized carbons (Fsp3) is 0.179. The van der Waals surface area contributed by atoms with Gasteiger partial charge in [0.25, 0.3) is 5.69 Å². The third-order valence-corrected chi connectivity index (χ3v) is 5.62. The minimum Gasteiger partial charge on any atom is -0.493 e. The second-order valence-corrected chi connectivity index (χ2v) is 8.08. The topological polar surface area (TPSA) is 145 Å². The van der Waals surface area contributed by atoms with Gasteiger partial charge in [-0.05, 0) is 55.0 Å². The molecule has 0 saturated carbocycles. The lowest BCUT2D eigenvalue weighted by atomic mass is 10.1. The van der Waals surface area contributed by atoms with Crippen LogP contribution in [0.3, 0.4) is 0 Å². The molecule has 0 unspecified atom stereocenters. The number of carbonyl (C=O) groups is 2. The number of rotatable bonds is 10. The molecular weight excluding hydrogens is 524 g/mol. The van der Waals surface area contributed by atoms with Crippen LogP contribution in [0.2, 0.25) is 0 Å². The zero-order valence-corrected chi connectivity index (χ0v) is 22.0. The van der Waals surface area contributed by atoms with Gasteiger partial charge in [0.1, 0.15) is 0 Å². The van der Waals surface area contributed by atoms with Gasteiger partial charge in [0, 0.05) is 17.7 Å².